The highest BCUT2D eigenvalue weighted by atomic mass is 35.5. The van der Waals surface area contributed by atoms with Gasteiger partial charge in [0.1, 0.15) is 0 Å². The smallest absolute Gasteiger partial charge is 0.164 e. The van der Waals surface area contributed by atoms with E-state index >= 15 is 0 Å². The topological polar surface area (TPSA) is 17.1 Å². The number of rotatable bonds is 1. The third kappa shape index (κ3) is 2.06. The van der Waals surface area contributed by atoms with Gasteiger partial charge in [-0.1, -0.05) is 55.4 Å². The van der Waals surface area contributed by atoms with E-state index in [-0.39, 0.29) is 19.1 Å². The predicted octanol–water partition coefficient (Wildman–Crippen LogP) is 4.69. The molecule has 2 aromatic carbocycles. The number of hydrogen-bond donors (Lipinski definition) is 0. The molecular formula is C16H15ClO. The van der Waals surface area contributed by atoms with Crippen molar-refractivity contribution in [1.29, 1.82) is 0 Å². The van der Waals surface area contributed by atoms with Crippen LogP contribution >= 0.6 is 11.6 Å². The van der Waals surface area contributed by atoms with Crippen LogP contribution < -0.4 is 0 Å². The molecule has 2 aromatic rings. The summed E-state index contributed by atoms with van der Waals surface area (Å²) >= 11 is 5.93. The standard InChI is InChI=1S/C15H11ClO.CH4/c16-11-6-7-12-13(9-15(17)14(12)8-11)10-4-2-1-3-5-10;/h1-8,13H,9H2;1H4/t13-;/m1./s1. The summed E-state index contributed by atoms with van der Waals surface area (Å²) in [5, 5.41) is 0.630. The number of carbonyl (C=O) groups is 1. The molecule has 0 aromatic heterocycles. The Morgan fingerprint density at radius 1 is 1.06 bits per heavy atom. The average Bonchev–Trinajstić information content (AvgIpc) is 2.68. The van der Waals surface area contributed by atoms with Gasteiger partial charge in [0.2, 0.25) is 0 Å². The maximum atomic E-state index is 11.9. The van der Waals surface area contributed by atoms with Crippen molar-refractivity contribution in [2.45, 2.75) is 19.8 Å². The first kappa shape index (κ1) is 12.8. The molecule has 3 rings (SSSR count). The number of hydrogen-bond acceptors (Lipinski definition) is 1. The van der Waals surface area contributed by atoms with Crippen molar-refractivity contribution >= 4 is 17.4 Å². The fourth-order valence-electron chi connectivity index (χ4n) is 2.46. The number of ketones is 1. The lowest BCUT2D eigenvalue weighted by Crippen LogP contribution is -1.95. The minimum absolute atomic E-state index is 0. The lowest BCUT2D eigenvalue weighted by molar-refractivity contribution is 0.0991. The van der Waals surface area contributed by atoms with Crippen LogP contribution in [0.15, 0.2) is 48.5 Å². The molecule has 0 heterocycles. The molecule has 0 saturated carbocycles. The van der Waals surface area contributed by atoms with Gasteiger partial charge in [-0.25, -0.2) is 0 Å². The monoisotopic (exact) mass is 258 g/mol. The van der Waals surface area contributed by atoms with E-state index in [2.05, 4.69) is 12.1 Å². The molecule has 0 bridgehead atoms. The molecule has 0 aliphatic heterocycles. The molecule has 0 unspecified atom stereocenters. The third-order valence-electron chi connectivity index (χ3n) is 3.28. The van der Waals surface area contributed by atoms with Gasteiger partial charge in [-0.05, 0) is 23.3 Å². The van der Waals surface area contributed by atoms with Crippen LogP contribution in [0.5, 0.6) is 0 Å². The lowest BCUT2D eigenvalue weighted by Gasteiger charge is -2.10. The average molecular weight is 259 g/mol. The van der Waals surface area contributed by atoms with Crippen molar-refractivity contribution in [2.24, 2.45) is 0 Å². The summed E-state index contributed by atoms with van der Waals surface area (Å²) < 4.78 is 0. The van der Waals surface area contributed by atoms with Crippen LogP contribution in [-0.4, -0.2) is 5.78 Å². The fourth-order valence-corrected chi connectivity index (χ4v) is 2.63. The Labute approximate surface area is 112 Å². The summed E-state index contributed by atoms with van der Waals surface area (Å²) in [4.78, 5) is 11.9. The van der Waals surface area contributed by atoms with Crippen molar-refractivity contribution < 1.29 is 4.79 Å². The van der Waals surface area contributed by atoms with E-state index < -0.39 is 0 Å². The summed E-state index contributed by atoms with van der Waals surface area (Å²) in [6.07, 6.45) is 0.555. The van der Waals surface area contributed by atoms with Gasteiger partial charge >= 0.3 is 0 Å². The van der Waals surface area contributed by atoms with E-state index in [1.165, 1.54) is 5.56 Å². The molecule has 1 aliphatic carbocycles. The number of Topliss-reactive ketones (excluding diaryl/α,β-unsaturated/α-hetero) is 1. The zero-order chi connectivity index (χ0) is 11.8. The van der Waals surface area contributed by atoms with Crippen molar-refractivity contribution in [3.63, 3.8) is 0 Å². The van der Waals surface area contributed by atoms with Crippen molar-refractivity contribution in [1.82, 2.24) is 0 Å². The Bertz CT molecular complexity index is 575. The molecule has 92 valence electrons. The molecule has 1 aliphatic rings. The molecule has 0 N–H and O–H groups in total. The molecule has 0 radical (unpaired) electrons. The summed E-state index contributed by atoms with van der Waals surface area (Å²) in [7, 11) is 0. The second-order valence-electron chi connectivity index (χ2n) is 4.32. The van der Waals surface area contributed by atoms with Crippen LogP contribution in [-0.2, 0) is 0 Å². The Kier molecular flexibility index (Phi) is 3.53. The Morgan fingerprint density at radius 2 is 1.78 bits per heavy atom. The van der Waals surface area contributed by atoms with E-state index in [0.717, 1.165) is 11.1 Å². The molecule has 2 heteroatoms. The van der Waals surface area contributed by atoms with E-state index in [1.54, 1.807) is 6.07 Å². The van der Waals surface area contributed by atoms with Gasteiger partial charge in [0, 0.05) is 22.9 Å². The Balaban J connectivity index is 0.00000120. The lowest BCUT2D eigenvalue weighted by atomic mass is 9.93. The van der Waals surface area contributed by atoms with E-state index in [4.69, 9.17) is 11.6 Å². The number of fused-ring (bicyclic) bond motifs is 1. The molecule has 18 heavy (non-hydrogen) atoms. The fraction of sp³-hybridized carbons (Fsp3) is 0.188. The van der Waals surface area contributed by atoms with E-state index in [0.29, 0.717) is 11.4 Å². The van der Waals surface area contributed by atoms with Gasteiger partial charge in [0.05, 0.1) is 0 Å². The van der Waals surface area contributed by atoms with Crippen molar-refractivity contribution in [2.75, 3.05) is 0 Å². The molecule has 1 atom stereocenters. The van der Waals surface area contributed by atoms with E-state index in [1.807, 2.05) is 30.3 Å². The van der Waals surface area contributed by atoms with Gasteiger partial charge in [-0.2, -0.15) is 0 Å². The first-order valence-electron chi connectivity index (χ1n) is 5.63. The number of halogens is 1. The number of carbonyl (C=O) groups excluding carboxylic acids is 1. The maximum absolute atomic E-state index is 11.9. The first-order valence-corrected chi connectivity index (χ1v) is 6.01. The van der Waals surface area contributed by atoms with Crippen LogP contribution in [0.4, 0.5) is 0 Å². The SMILES string of the molecule is C.O=C1C[C@H](c2ccccc2)c2ccc(Cl)cc21. The molecule has 1 nitrogen and oxygen atoms in total. The van der Waals surface area contributed by atoms with Gasteiger partial charge in [-0.15, -0.1) is 0 Å². The molecule has 0 spiro atoms. The number of benzene rings is 2. The molecule has 0 amide bonds. The van der Waals surface area contributed by atoms with Gasteiger partial charge < -0.3 is 0 Å². The van der Waals surface area contributed by atoms with Gasteiger partial charge in [-0.3, -0.25) is 4.79 Å². The summed E-state index contributed by atoms with van der Waals surface area (Å²) in [6.45, 7) is 0. The predicted molar refractivity (Wildman–Crippen MR) is 75.4 cm³/mol. The summed E-state index contributed by atoms with van der Waals surface area (Å²) in [5.74, 6) is 0.382. The second-order valence-corrected chi connectivity index (χ2v) is 4.76. The van der Waals surface area contributed by atoms with Gasteiger partial charge in [0.15, 0.2) is 5.78 Å². The summed E-state index contributed by atoms with van der Waals surface area (Å²) in [5.41, 5.74) is 3.08. The van der Waals surface area contributed by atoms with Crippen LogP contribution in [0.1, 0.15) is 41.3 Å². The zero-order valence-electron chi connectivity index (χ0n) is 9.19. The molecule has 0 saturated heterocycles. The minimum Gasteiger partial charge on any atom is -0.294 e. The molecule has 0 fully saturated rings. The maximum Gasteiger partial charge on any atom is 0.164 e. The highest BCUT2D eigenvalue weighted by Gasteiger charge is 2.30. The van der Waals surface area contributed by atoms with E-state index in [9.17, 15) is 4.79 Å². The normalized spacial score (nSPS) is 17.2. The van der Waals surface area contributed by atoms with Crippen LogP contribution in [0.2, 0.25) is 5.02 Å². The molecular weight excluding hydrogens is 244 g/mol. The zero-order valence-corrected chi connectivity index (χ0v) is 9.95. The summed E-state index contributed by atoms with van der Waals surface area (Å²) in [6, 6.07) is 15.8. The van der Waals surface area contributed by atoms with Crippen molar-refractivity contribution in [3.8, 4) is 0 Å². The minimum atomic E-state index is 0. The van der Waals surface area contributed by atoms with Crippen LogP contribution in [0.25, 0.3) is 0 Å². The van der Waals surface area contributed by atoms with Crippen molar-refractivity contribution in [3.05, 3.63) is 70.2 Å². The van der Waals surface area contributed by atoms with Crippen LogP contribution in [0, 0.1) is 0 Å². The van der Waals surface area contributed by atoms with Gasteiger partial charge in [0.25, 0.3) is 0 Å². The highest BCUT2D eigenvalue weighted by Crippen LogP contribution is 2.38. The second kappa shape index (κ2) is 4.95. The highest BCUT2D eigenvalue weighted by molar-refractivity contribution is 6.31. The third-order valence-corrected chi connectivity index (χ3v) is 3.52. The largest absolute Gasteiger partial charge is 0.294 e. The Hall–Kier alpha value is -1.60. The quantitative estimate of drug-likeness (QED) is 0.725. The Morgan fingerprint density at radius 3 is 2.50 bits per heavy atom. The first-order chi connectivity index (χ1) is 8.25. The van der Waals surface area contributed by atoms with Crippen LogP contribution in [0.3, 0.4) is 0 Å².